The predicted octanol–water partition coefficient (Wildman–Crippen LogP) is 3.19. The van der Waals surface area contributed by atoms with Gasteiger partial charge in [0.1, 0.15) is 10.0 Å². The number of para-hydroxylation sites is 1. The first kappa shape index (κ1) is 19.8. The van der Waals surface area contributed by atoms with Crippen LogP contribution >= 0.6 is 27.3 Å². The van der Waals surface area contributed by atoms with E-state index >= 15 is 0 Å². The number of rotatable bonds is 7. The number of thiophene rings is 1. The minimum Gasteiger partial charge on any atom is -0.398 e. The molecule has 4 rings (SSSR count). The molecule has 4 N–H and O–H groups in total. The lowest BCUT2D eigenvalue weighted by atomic mass is 10.1. The predicted molar refractivity (Wildman–Crippen MR) is 119 cm³/mol. The molecule has 0 saturated heterocycles. The van der Waals surface area contributed by atoms with Crippen LogP contribution in [0.5, 0.6) is 0 Å². The lowest BCUT2D eigenvalue weighted by Gasteiger charge is -2.12. The Morgan fingerprint density at radius 2 is 2.00 bits per heavy atom. The molecule has 0 aliphatic rings. The third-order valence-corrected chi connectivity index (χ3v) is 7.57. The summed E-state index contributed by atoms with van der Waals surface area (Å²) < 4.78 is 29.7. The average molecular weight is 493 g/mol. The van der Waals surface area contributed by atoms with Crippen molar-refractivity contribution in [2.45, 2.75) is 4.21 Å². The monoisotopic (exact) mass is 492 g/mol. The van der Waals surface area contributed by atoms with Crippen molar-refractivity contribution in [1.82, 2.24) is 19.3 Å². The summed E-state index contributed by atoms with van der Waals surface area (Å²) in [5.41, 5.74) is 8.86. The second kappa shape index (κ2) is 8.11. The minimum atomic E-state index is -3.50. The summed E-state index contributed by atoms with van der Waals surface area (Å²) in [6, 6.07) is 12.6. The molecule has 11 heteroatoms. The number of sulfonamides is 1. The molecule has 0 aliphatic carbocycles. The summed E-state index contributed by atoms with van der Waals surface area (Å²) in [5.74, 6) is 0.675. The number of hydrogen-bond donors (Lipinski definition) is 3. The number of hydrogen-bond acceptors (Lipinski definition) is 7. The third kappa shape index (κ3) is 4.13. The molecule has 0 spiro atoms. The second-order valence-electron chi connectivity index (χ2n) is 6.10. The molecule has 0 bridgehead atoms. The zero-order valence-electron chi connectivity index (χ0n) is 15.0. The Morgan fingerprint density at radius 1 is 1.17 bits per heavy atom. The number of anilines is 2. The number of nitrogens with zero attached hydrogens (tertiary/aromatic N) is 3. The number of nitrogens with two attached hydrogens (primary N) is 1. The fourth-order valence-corrected chi connectivity index (χ4v) is 5.21. The lowest BCUT2D eigenvalue weighted by Crippen LogP contribution is -2.28. The van der Waals surface area contributed by atoms with Gasteiger partial charge >= 0.3 is 0 Å². The Balaban J connectivity index is 1.56. The molecule has 150 valence electrons. The summed E-state index contributed by atoms with van der Waals surface area (Å²) in [6.45, 7) is 0.584. The third-order valence-electron chi connectivity index (χ3n) is 4.15. The molecule has 0 aliphatic heterocycles. The first-order valence-corrected chi connectivity index (χ1v) is 11.8. The second-order valence-corrected chi connectivity index (χ2v) is 9.89. The molecule has 3 aromatic heterocycles. The van der Waals surface area contributed by atoms with E-state index < -0.39 is 10.0 Å². The molecule has 1 aromatic carbocycles. The summed E-state index contributed by atoms with van der Waals surface area (Å²) in [7, 11) is -3.50. The summed E-state index contributed by atoms with van der Waals surface area (Å²) in [6.07, 6.45) is 1.66. The Morgan fingerprint density at radius 3 is 2.76 bits per heavy atom. The van der Waals surface area contributed by atoms with Gasteiger partial charge in [-0.3, -0.25) is 0 Å². The van der Waals surface area contributed by atoms with Crippen LogP contribution in [0.4, 0.5) is 11.5 Å². The maximum atomic E-state index is 12.2. The van der Waals surface area contributed by atoms with Gasteiger partial charge in [-0.25, -0.2) is 18.1 Å². The lowest BCUT2D eigenvalue weighted by molar-refractivity contribution is 0.585. The van der Waals surface area contributed by atoms with Gasteiger partial charge in [-0.1, -0.05) is 24.3 Å². The van der Waals surface area contributed by atoms with Crippen molar-refractivity contribution in [3.8, 4) is 11.3 Å². The highest BCUT2D eigenvalue weighted by Gasteiger charge is 2.15. The van der Waals surface area contributed by atoms with Crippen molar-refractivity contribution in [2.75, 3.05) is 24.1 Å². The largest absolute Gasteiger partial charge is 0.398 e. The molecule has 3 heterocycles. The number of nitrogens with one attached hydrogen (secondary N) is 2. The maximum absolute atomic E-state index is 12.2. The molecular weight excluding hydrogens is 476 g/mol. The first-order chi connectivity index (χ1) is 14.0. The molecule has 8 nitrogen and oxygen atoms in total. The van der Waals surface area contributed by atoms with Gasteiger partial charge in [-0.05, 0) is 33.4 Å². The standard InChI is InChI=1S/C18H17BrN6O2S2/c19-13-11-22-25-16(21-7-8-23-29(26,27)17-6-3-9-28-17)10-15(24-18(13)25)12-4-1-2-5-14(12)20/h1-6,9-11,21,23H,7-8,20H2. The van der Waals surface area contributed by atoms with Crippen LogP contribution in [0.3, 0.4) is 0 Å². The molecule has 0 amide bonds. The molecule has 0 unspecified atom stereocenters. The van der Waals surface area contributed by atoms with Crippen molar-refractivity contribution < 1.29 is 8.42 Å². The quantitative estimate of drug-likeness (QED) is 0.269. The molecule has 0 fully saturated rings. The van der Waals surface area contributed by atoms with Crippen molar-refractivity contribution in [3.05, 3.63) is 58.5 Å². The van der Waals surface area contributed by atoms with Crippen molar-refractivity contribution in [2.24, 2.45) is 0 Å². The summed E-state index contributed by atoms with van der Waals surface area (Å²) >= 11 is 4.64. The van der Waals surface area contributed by atoms with Gasteiger partial charge in [-0.15, -0.1) is 11.3 Å². The highest BCUT2D eigenvalue weighted by molar-refractivity contribution is 9.10. The van der Waals surface area contributed by atoms with Crippen LogP contribution in [0.1, 0.15) is 0 Å². The maximum Gasteiger partial charge on any atom is 0.250 e. The SMILES string of the molecule is Nc1ccccc1-c1cc(NCCNS(=O)(=O)c2cccs2)n2ncc(Br)c2n1. The fourth-order valence-electron chi connectivity index (χ4n) is 2.79. The Bertz CT molecular complexity index is 1250. The van der Waals surface area contributed by atoms with Crippen LogP contribution in [0, 0.1) is 0 Å². The highest BCUT2D eigenvalue weighted by Crippen LogP contribution is 2.29. The minimum absolute atomic E-state index is 0.218. The molecule has 29 heavy (non-hydrogen) atoms. The topological polar surface area (TPSA) is 114 Å². The normalized spacial score (nSPS) is 11.8. The van der Waals surface area contributed by atoms with Crippen LogP contribution in [0.25, 0.3) is 16.9 Å². The number of benzene rings is 1. The Kier molecular flexibility index (Phi) is 5.54. The van der Waals surface area contributed by atoms with Gasteiger partial charge < -0.3 is 11.1 Å². The van der Waals surface area contributed by atoms with E-state index in [-0.39, 0.29) is 6.54 Å². The first-order valence-electron chi connectivity index (χ1n) is 8.62. The molecule has 0 atom stereocenters. The van der Waals surface area contributed by atoms with Gasteiger partial charge in [0.05, 0.1) is 16.4 Å². The molecular formula is C18H17BrN6O2S2. The summed E-state index contributed by atoms with van der Waals surface area (Å²) in [5, 5.41) is 9.27. The number of nitrogen functional groups attached to an aromatic ring is 1. The van der Waals surface area contributed by atoms with Gasteiger partial charge in [0, 0.05) is 30.4 Å². The zero-order chi connectivity index (χ0) is 20.4. The van der Waals surface area contributed by atoms with Crippen molar-refractivity contribution >= 4 is 54.4 Å². The van der Waals surface area contributed by atoms with Gasteiger partial charge in [0.25, 0.3) is 0 Å². The Hall–Kier alpha value is -2.47. The van der Waals surface area contributed by atoms with Crippen LogP contribution in [0.2, 0.25) is 0 Å². The van der Waals surface area contributed by atoms with E-state index in [0.717, 1.165) is 10.0 Å². The number of fused-ring (bicyclic) bond motifs is 1. The van der Waals surface area contributed by atoms with Gasteiger partial charge in [-0.2, -0.15) is 9.61 Å². The van der Waals surface area contributed by atoms with E-state index in [9.17, 15) is 8.42 Å². The fraction of sp³-hybridized carbons (Fsp3) is 0.111. The van der Waals surface area contributed by atoms with E-state index in [1.807, 2.05) is 30.3 Å². The molecule has 4 aromatic rings. The van der Waals surface area contributed by atoms with Crippen LogP contribution < -0.4 is 15.8 Å². The van der Waals surface area contributed by atoms with Crippen LogP contribution in [-0.2, 0) is 10.0 Å². The average Bonchev–Trinajstić information content (AvgIpc) is 3.37. The van der Waals surface area contributed by atoms with E-state index in [0.29, 0.717) is 33.6 Å². The summed E-state index contributed by atoms with van der Waals surface area (Å²) in [4.78, 5) is 4.65. The Labute approximate surface area is 180 Å². The number of halogens is 1. The highest BCUT2D eigenvalue weighted by atomic mass is 79.9. The van der Waals surface area contributed by atoms with E-state index in [4.69, 9.17) is 5.73 Å². The molecule has 0 saturated carbocycles. The molecule has 0 radical (unpaired) electrons. The van der Waals surface area contributed by atoms with E-state index in [1.54, 1.807) is 28.2 Å². The van der Waals surface area contributed by atoms with Crippen LogP contribution in [-0.4, -0.2) is 36.1 Å². The van der Waals surface area contributed by atoms with Crippen molar-refractivity contribution in [3.63, 3.8) is 0 Å². The zero-order valence-corrected chi connectivity index (χ0v) is 18.3. The van der Waals surface area contributed by atoms with Crippen LogP contribution in [0.15, 0.2) is 62.7 Å². The van der Waals surface area contributed by atoms with E-state index in [2.05, 4.69) is 36.1 Å². The van der Waals surface area contributed by atoms with Gasteiger partial charge in [0.15, 0.2) is 5.65 Å². The van der Waals surface area contributed by atoms with Crippen molar-refractivity contribution in [1.29, 1.82) is 0 Å². The van der Waals surface area contributed by atoms with E-state index in [1.165, 1.54) is 11.3 Å². The number of aromatic nitrogens is 3. The smallest absolute Gasteiger partial charge is 0.250 e. The van der Waals surface area contributed by atoms with Gasteiger partial charge in [0.2, 0.25) is 10.0 Å².